The van der Waals surface area contributed by atoms with Crippen molar-refractivity contribution in [3.63, 3.8) is 0 Å². The first-order chi connectivity index (χ1) is 20.8. The summed E-state index contributed by atoms with van der Waals surface area (Å²) in [5.41, 5.74) is 5.44. The first-order valence-electron chi connectivity index (χ1n) is 14.8. The van der Waals surface area contributed by atoms with Crippen LogP contribution >= 0.6 is 11.3 Å². The smallest absolute Gasteiger partial charge is 0.186 e. The minimum atomic E-state index is -0.154. The average Bonchev–Trinajstić information content (AvgIpc) is 3.59. The van der Waals surface area contributed by atoms with Crippen molar-refractivity contribution in [3.05, 3.63) is 64.0 Å². The molecule has 3 fully saturated rings. The highest BCUT2D eigenvalue weighted by Crippen LogP contribution is 2.37. The largest absolute Gasteiger partial charge is 0.488 e. The lowest BCUT2D eigenvalue weighted by molar-refractivity contribution is -0.113. The normalized spacial score (nSPS) is 22.8. The summed E-state index contributed by atoms with van der Waals surface area (Å²) in [6.07, 6.45) is 2.17. The van der Waals surface area contributed by atoms with Crippen LogP contribution in [-0.2, 0) is 22.7 Å². The Kier molecular flexibility index (Phi) is 9.79. The first-order valence-corrected chi connectivity index (χ1v) is 15.7. The lowest BCUT2D eigenvalue weighted by Gasteiger charge is -2.38. The molecule has 3 aromatic rings. The van der Waals surface area contributed by atoms with Crippen molar-refractivity contribution in [2.75, 3.05) is 51.5 Å². The van der Waals surface area contributed by atoms with Gasteiger partial charge in [-0.2, -0.15) is 5.26 Å². The SMILES string of the molecule is CO.Cc1ccc(OCc2ccc(CN3CCOC(C)(C)C3)cc2C#N)c(-c2csc(N3CC4CCN(C3)[C@H]4C=O)n2)c1. The van der Waals surface area contributed by atoms with E-state index in [4.69, 9.17) is 19.6 Å². The number of rotatable bonds is 8. The van der Waals surface area contributed by atoms with Gasteiger partial charge in [0, 0.05) is 62.3 Å². The zero-order valence-electron chi connectivity index (χ0n) is 25.5. The maximum atomic E-state index is 11.5. The topological polar surface area (TPSA) is 102 Å². The van der Waals surface area contributed by atoms with Gasteiger partial charge in [0.2, 0.25) is 0 Å². The molecular formula is C33H41N5O4S. The third-order valence-electron chi connectivity index (χ3n) is 8.40. The number of anilines is 1. The fraction of sp³-hybridized carbons (Fsp3) is 0.485. The van der Waals surface area contributed by atoms with E-state index in [-0.39, 0.29) is 11.6 Å². The number of thiazole rings is 1. The molecule has 2 unspecified atom stereocenters. The Balaban J connectivity index is 0.00000180. The van der Waals surface area contributed by atoms with E-state index in [0.717, 1.165) is 105 Å². The molecule has 1 N–H and O–H groups in total. The summed E-state index contributed by atoms with van der Waals surface area (Å²) in [6, 6.07) is 14.7. The van der Waals surface area contributed by atoms with E-state index in [1.54, 1.807) is 11.3 Å². The highest BCUT2D eigenvalue weighted by Gasteiger charge is 2.40. The third-order valence-corrected chi connectivity index (χ3v) is 9.30. The molecule has 0 saturated carbocycles. The molecule has 6 rings (SSSR count). The number of aliphatic hydroxyl groups is 1. The van der Waals surface area contributed by atoms with Crippen LogP contribution in [0.2, 0.25) is 0 Å². The summed E-state index contributed by atoms with van der Waals surface area (Å²) in [5.74, 6) is 1.12. The lowest BCUT2D eigenvalue weighted by Crippen LogP contribution is -2.51. The van der Waals surface area contributed by atoms with Gasteiger partial charge in [0.1, 0.15) is 18.6 Å². The minimum absolute atomic E-state index is 0.0429. The molecule has 228 valence electrons. The van der Waals surface area contributed by atoms with Gasteiger partial charge in [-0.3, -0.25) is 9.80 Å². The second kappa shape index (κ2) is 13.5. The van der Waals surface area contributed by atoms with Gasteiger partial charge in [0.15, 0.2) is 5.13 Å². The standard InChI is InChI=1S/C32H37N5O3S.CH4O/c1-22-4-7-30(27(12-22)28-19-41-31(34-28)37-16-24-8-9-36(21-37)29(24)17-38)39-18-25-6-5-23(13-26(25)14-33)15-35-10-11-40-32(2,3)20-35;1-2/h4-7,12-13,17,19,24,29H,8-11,15-16,18,20-21H2,1-3H3;2H,1H3/t24?,29-;/m0./s1. The number of morpholine rings is 1. The number of fused-ring (bicyclic) bond motifs is 2. The Bertz CT molecular complexity index is 1450. The molecule has 0 radical (unpaired) electrons. The molecule has 0 aliphatic carbocycles. The van der Waals surface area contributed by atoms with Crippen molar-refractivity contribution in [1.29, 1.82) is 5.26 Å². The van der Waals surface area contributed by atoms with E-state index in [2.05, 4.69) is 59.1 Å². The molecule has 9 nitrogen and oxygen atoms in total. The number of hydrogen-bond donors (Lipinski definition) is 1. The number of aryl methyl sites for hydroxylation is 1. The van der Waals surface area contributed by atoms with E-state index in [0.29, 0.717) is 18.1 Å². The Morgan fingerprint density at radius 1 is 1.23 bits per heavy atom. The monoisotopic (exact) mass is 603 g/mol. The molecule has 3 atom stereocenters. The molecule has 10 heteroatoms. The molecule has 3 aliphatic heterocycles. The number of nitriles is 1. The van der Waals surface area contributed by atoms with Crippen molar-refractivity contribution in [2.24, 2.45) is 5.92 Å². The summed E-state index contributed by atoms with van der Waals surface area (Å²) in [4.78, 5) is 23.5. The Morgan fingerprint density at radius 2 is 2.07 bits per heavy atom. The number of aliphatic hydroxyl groups excluding tert-OH is 1. The zero-order chi connectivity index (χ0) is 30.6. The Labute approximate surface area is 258 Å². The molecule has 2 bridgehead atoms. The van der Waals surface area contributed by atoms with Crippen molar-refractivity contribution >= 4 is 22.8 Å². The summed E-state index contributed by atoms with van der Waals surface area (Å²) in [5, 5.41) is 20.0. The quantitative estimate of drug-likeness (QED) is 0.374. The second-order valence-corrected chi connectivity index (χ2v) is 12.9. The predicted molar refractivity (Wildman–Crippen MR) is 168 cm³/mol. The van der Waals surface area contributed by atoms with Crippen LogP contribution in [-0.4, -0.2) is 84.4 Å². The van der Waals surface area contributed by atoms with E-state index in [1.165, 1.54) is 0 Å². The maximum absolute atomic E-state index is 11.5. The Morgan fingerprint density at radius 3 is 2.81 bits per heavy atom. The first kappa shape index (κ1) is 31.1. The van der Waals surface area contributed by atoms with Gasteiger partial charge in [0.25, 0.3) is 0 Å². The van der Waals surface area contributed by atoms with E-state index < -0.39 is 0 Å². The number of carbonyl (C=O) groups excluding carboxylic acids is 1. The molecule has 0 spiro atoms. The number of aromatic nitrogens is 1. The van der Waals surface area contributed by atoms with Crippen molar-refractivity contribution in [3.8, 4) is 23.1 Å². The number of hydrogen-bond acceptors (Lipinski definition) is 10. The van der Waals surface area contributed by atoms with Gasteiger partial charge in [0.05, 0.1) is 42.2 Å². The number of benzene rings is 2. The van der Waals surface area contributed by atoms with Gasteiger partial charge in [-0.1, -0.05) is 23.8 Å². The van der Waals surface area contributed by atoms with E-state index >= 15 is 0 Å². The fourth-order valence-corrected chi connectivity index (χ4v) is 7.16. The van der Waals surface area contributed by atoms with Crippen LogP contribution in [0.5, 0.6) is 5.75 Å². The van der Waals surface area contributed by atoms with E-state index in [1.807, 2.05) is 24.3 Å². The summed E-state index contributed by atoms with van der Waals surface area (Å²) in [6.45, 7) is 12.4. The summed E-state index contributed by atoms with van der Waals surface area (Å²) in [7, 11) is 1.00. The number of nitrogens with zero attached hydrogens (tertiary/aromatic N) is 5. The van der Waals surface area contributed by atoms with Gasteiger partial charge in [-0.05, 0) is 51.0 Å². The van der Waals surface area contributed by atoms with Crippen LogP contribution in [0, 0.1) is 24.2 Å². The van der Waals surface area contributed by atoms with Crippen LogP contribution in [0.25, 0.3) is 11.3 Å². The molecule has 4 heterocycles. The molecule has 2 aromatic carbocycles. The average molecular weight is 604 g/mol. The molecule has 43 heavy (non-hydrogen) atoms. The van der Waals surface area contributed by atoms with Crippen LogP contribution in [0.15, 0.2) is 41.8 Å². The van der Waals surface area contributed by atoms with Crippen molar-refractivity contribution in [2.45, 2.75) is 52.0 Å². The molecular weight excluding hydrogens is 562 g/mol. The van der Waals surface area contributed by atoms with Crippen molar-refractivity contribution in [1.82, 2.24) is 14.8 Å². The molecule has 3 aliphatic rings. The van der Waals surface area contributed by atoms with Gasteiger partial charge < -0.3 is 24.3 Å². The lowest BCUT2D eigenvalue weighted by atomic mass is 10.00. The molecule has 0 amide bonds. The number of ether oxygens (including phenoxy) is 2. The fourth-order valence-electron chi connectivity index (χ4n) is 6.33. The summed E-state index contributed by atoms with van der Waals surface area (Å²) < 4.78 is 12.2. The third kappa shape index (κ3) is 7.08. The molecule has 3 saturated heterocycles. The van der Waals surface area contributed by atoms with Crippen molar-refractivity contribution < 1.29 is 19.4 Å². The highest BCUT2D eigenvalue weighted by molar-refractivity contribution is 7.14. The van der Waals surface area contributed by atoms with Gasteiger partial charge >= 0.3 is 0 Å². The number of aldehydes is 1. The Hall–Kier alpha value is -3.33. The van der Waals surface area contributed by atoms with Crippen LogP contribution in [0.4, 0.5) is 5.13 Å². The predicted octanol–water partition coefficient (Wildman–Crippen LogP) is 4.46. The number of carbonyl (C=O) groups is 1. The van der Waals surface area contributed by atoms with Gasteiger partial charge in [-0.25, -0.2) is 4.98 Å². The minimum Gasteiger partial charge on any atom is -0.488 e. The van der Waals surface area contributed by atoms with Gasteiger partial charge in [-0.15, -0.1) is 11.3 Å². The molecule has 1 aromatic heterocycles. The zero-order valence-corrected chi connectivity index (χ0v) is 26.3. The second-order valence-electron chi connectivity index (χ2n) is 12.1. The highest BCUT2D eigenvalue weighted by atomic mass is 32.1. The summed E-state index contributed by atoms with van der Waals surface area (Å²) >= 11 is 1.63. The van der Waals surface area contributed by atoms with Crippen LogP contribution < -0.4 is 9.64 Å². The van der Waals surface area contributed by atoms with Crippen LogP contribution in [0.3, 0.4) is 0 Å². The van der Waals surface area contributed by atoms with Crippen LogP contribution in [0.1, 0.15) is 42.5 Å². The van der Waals surface area contributed by atoms with E-state index in [9.17, 15) is 10.1 Å². The maximum Gasteiger partial charge on any atom is 0.186 e.